The first-order valence-electron chi connectivity index (χ1n) is 15.6. The Bertz CT molecular complexity index is 1420. The first kappa shape index (κ1) is 24.9. The molecular weight excluding hydrogens is 472 g/mol. The number of aromatic nitrogens is 2. The summed E-state index contributed by atoms with van der Waals surface area (Å²) in [6, 6.07) is 23.7. The molecule has 2 heterocycles. The highest BCUT2D eigenvalue weighted by Crippen LogP contribution is 2.45. The molecule has 3 aromatic carbocycles. The van der Waals surface area contributed by atoms with Gasteiger partial charge in [-0.15, -0.1) is 0 Å². The fraction of sp³-hybridized carbons (Fsp3) is 0.432. The summed E-state index contributed by atoms with van der Waals surface area (Å²) >= 11 is 0. The van der Waals surface area contributed by atoms with Crippen molar-refractivity contribution in [3.05, 3.63) is 95.3 Å². The van der Waals surface area contributed by atoms with E-state index in [2.05, 4.69) is 96.0 Å². The van der Waals surface area contributed by atoms with Gasteiger partial charge in [-0.1, -0.05) is 94.8 Å². The number of rotatable bonds is 5. The summed E-state index contributed by atoms with van der Waals surface area (Å²) in [7, 11) is 0. The van der Waals surface area contributed by atoms with Crippen molar-refractivity contribution in [2.45, 2.75) is 102 Å². The molecule has 0 atom stereocenters. The smallest absolute Gasteiger partial charge is 0.225 e. The molecule has 0 spiro atoms. The third-order valence-electron chi connectivity index (χ3n) is 9.91. The minimum absolute atomic E-state index is 0.563. The van der Waals surface area contributed by atoms with Gasteiger partial charge in [0, 0.05) is 16.7 Å². The van der Waals surface area contributed by atoms with Crippen LogP contribution in [-0.4, -0.2) is 4.57 Å². The molecule has 2 nitrogen and oxygen atoms in total. The van der Waals surface area contributed by atoms with Gasteiger partial charge in [0.2, 0.25) is 0 Å². The zero-order valence-corrected chi connectivity index (χ0v) is 23.8. The maximum absolute atomic E-state index is 2.60. The Morgan fingerprint density at radius 1 is 0.718 bits per heavy atom. The maximum Gasteiger partial charge on any atom is 0.294 e. The largest absolute Gasteiger partial charge is 0.294 e. The lowest BCUT2D eigenvalue weighted by molar-refractivity contribution is -0.671. The van der Waals surface area contributed by atoms with Crippen molar-refractivity contribution >= 4 is 0 Å². The van der Waals surface area contributed by atoms with E-state index in [-0.39, 0.29) is 0 Å². The van der Waals surface area contributed by atoms with Crippen LogP contribution < -0.4 is 4.57 Å². The van der Waals surface area contributed by atoms with E-state index in [0.29, 0.717) is 17.8 Å². The second kappa shape index (κ2) is 10.5. The van der Waals surface area contributed by atoms with Gasteiger partial charge in [0.05, 0.1) is 5.56 Å². The molecule has 2 saturated carbocycles. The zero-order chi connectivity index (χ0) is 26.3. The number of benzene rings is 3. The molecule has 2 aliphatic carbocycles. The van der Waals surface area contributed by atoms with Gasteiger partial charge in [-0.25, -0.2) is 4.57 Å². The monoisotopic (exact) mass is 515 g/mol. The molecule has 7 rings (SSSR count). The summed E-state index contributed by atoms with van der Waals surface area (Å²) in [6.45, 7) is 5.56. The molecule has 2 heteroatoms. The van der Waals surface area contributed by atoms with E-state index < -0.39 is 0 Å². The lowest BCUT2D eigenvalue weighted by Gasteiger charge is -2.29. The van der Waals surface area contributed by atoms with Crippen LogP contribution in [0.1, 0.15) is 118 Å². The Morgan fingerprint density at radius 3 is 1.95 bits per heavy atom. The zero-order valence-electron chi connectivity index (χ0n) is 23.8. The van der Waals surface area contributed by atoms with Crippen molar-refractivity contribution in [1.82, 2.24) is 4.57 Å². The van der Waals surface area contributed by atoms with E-state index in [1.807, 2.05) is 0 Å². The van der Waals surface area contributed by atoms with Crippen LogP contribution >= 0.6 is 0 Å². The van der Waals surface area contributed by atoms with E-state index in [9.17, 15) is 0 Å². The molecule has 200 valence electrons. The van der Waals surface area contributed by atoms with E-state index >= 15 is 0 Å². The van der Waals surface area contributed by atoms with E-state index in [0.717, 1.165) is 6.54 Å². The summed E-state index contributed by atoms with van der Waals surface area (Å²) in [4.78, 5) is 0. The standard InChI is InChI=1S/C37H43N2/c1-26(2)27-17-19-28(20-18-27)32-23-34(29-11-5-3-6-12-29)36(35(24-32)30-13-7-4-8-14-30)39-22-21-38-25-31-15-9-10-16-33(31)37(38)39/h9-10,15-24,26,29-30H,3-8,11-14,25H2,1-2H3/q+1. The average molecular weight is 516 g/mol. The molecular formula is C37H43N2+. The van der Waals surface area contributed by atoms with Crippen molar-refractivity contribution in [2.24, 2.45) is 0 Å². The molecule has 0 unspecified atom stereocenters. The third-order valence-corrected chi connectivity index (χ3v) is 9.91. The van der Waals surface area contributed by atoms with Crippen molar-refractivity contribution in [3.63, 3.8) is 0 Å². The lowest BCUT2D eigenvalue weighted by Crippen LogP contribution is -2.30. The second-order valence-corrected chi connectivity index (χ2v) is 12.7. The van der Waals surface area contributed by atoms with Crippen LogP contribution in [0.25, 0.3) is 28.2 Å². The van der Waals surface area contributed by atoms with Crippen molar-refractivity contribution in [1.29, 1.82) is 0 Å². The Morgan fingerprint density at radius 2 is 1.33 bits per heavy atom. The molecule has 0 N–H and O–H groups in total. The Balaban J connectivity index is 1.46. The van der Waals surface area contributed by atoms with Gasteiger partial charge in [0.1, 0.15) is 24.6 Å². The molecule has 4 aromatic rings. The number of imidazole rings is 1. The fourth-order valence-corrected chi connectivity index (χ4v) is 7.71. The molecule has 39 heavy (non-hydrogen) atoms. The summed E-state index contributed by atoms with van der Waals surface area (Å²) < 4.78 is 5.07. The van der Waals surface area contributed by atoms with Crippen molar-refractivity contribution < 1.29 is 4.57 Å². The van der Waals surface area contributed by atoms with Crippen LogP contribution in [0.4, 0.5) is 0 Å². The van der Waals surface area contributed by atoms with Gasteiger partial charge >= 0.3 is 0 Å². The molecule has 0 bridgehead atoms. The summed E-state index contributed by atoms with van der Waals surface area (Å²) in [6.07, 6.45) is 18.2. The predicted octanol–water partition coefficient (Wildman–Crippen LogP) is 9.68. The molecule has 1 aromatic heterocycles. The van der Waals surface area contributed by atoms with E-state index in [4.69, 9.17) is 0 Å². The average Bonchev–Trinajstić information content (AvgIpc) is 3.57. The van der Waals surface area contributed by atoms with Gasteiger partial charge in [-0.3, -0.25) is 0 Å². The van der Waals surface area contributed by atoms with Crippen LogP contribution in [-0.2, 0) is 6.54 Å². The summed E-state index contributed by atoms with van der Waals surface area (Å²) in [5.41, 5.74) is 11.8. The quantitative estimate of drug-likeness (QED) is 0.206. The van der Waals surface area contributed by atoms with E-state index in [1.165, 1.54) is 104 Å². The minimum atomic E-state index is 0.563. The maximum atomic E-state index is 2.60. The Labute approximate surface area is 234 Å². The number of hydrogen-bond donors (Lipinski definition) is 0. The molecule has 3 aliphatic rings. The third kappa shape index (κ3) is 4.56. The van der Waals surface area contributed by atoms with Crippen LogP contribution in [0.5, 0.6) is 0 Å². The molecule has 2 fully saturated rings. The highest BCUT2D eigenvalue weighted by molar-refractivity contribution is 5.72. The fourth-order valence-electron chi connectivity index (χ4n) is 7.71. The molecule has 0 amide bonds. The molecule has 1 aliphatic heterocycles. The van der Waals surface area contributed by atoms with Crippen LogP contribution in [0.3, 0.4) is 0 Å². The summed E-state index contributed by atoms with van der Waals surface area (Å²) in [5, 5.41) is 0. The van der Waals surface area contributed by atoms with Crippen LogP contribution in [0, 0.1) is 0 Å². The molecule has 0 radical (unpaired) electrons. The van der Waals surface area contributed by atoms with Gasteiger partial charge in [0.25, 0.3) is 5.82 Å². The SMILES string of the molecule is CC(C)c1ccc(-c2cc(C3CCCCC3)c(-n3cc[n+]4c3-c3ccccc3C4)c(C3CCCCC3)c2)cc1. The topological polar surface area (TPSA) is 8.81 Å². The van der Waals surface area contributed by atoms with Gasteiger partial charge in [-0.05, 0) is 78.3 Å². The normalized spacial score (nSPS) is 17.9. The summed E-state index contributed by atoms with van der Waals surface area (Å²) in [5.74, 6) is 3.22. The predicted molar refractivity (Wildman–Crippen MR) is 162 cm³/mol. The second-order valence-electron chi connectivity index (χ2n) is 12.7. The van der Waals surface area contributed by atoms with Gasteiger partial charge in [0.15, 0.2) is 0 Å². The van der Waals surface area contributed by atoms with Gasteiger partial charge < -0.3 is 0 Å². The lowest BCUT2D eigenvalue weighted by atomic mass is 9.77. The molecule has 0 saturated heterocycles. The van der Waals surface area contributed by atoms with Crippen LogP contribution in [0.15, 0.2) is 73.1 Å². The number of hydrogen-bond acceptors (Lipinski definition) is 0. The van der Waals surface area contributed by atoms with Crippen LogP contribution in [0.2, 0.25) is 0 Å². The Kier molecular flexibility index (Phi) is 6.67. The first-order valence-corrected chi connectivity index (χ1v) is 15.6. The van der Waals surface area contributed by atoms with Gasteiger partial charge in [-0.2, -0.15) is 4.57 Å². The number of fused-ring (bicyclic) bond motifs is 3. The number of nitrogens with zero attached hydrogens (tertiary/aromatic N) is 2. The van der Waals surface area contributed by atoms with E-state index in [1.54, 1.807) is 11.1 Å². The minimum Gasteiger partial charge on any atom is -0.225 e. The van der Waals surface area contributed by atoms with Crippen molar-refractivity contribution in [3.8, 4) is 28.2 Å². The van der Waals surface area contributed by atoms with Crippen molar-refractivity contribution in [2.75, 3.05) is 0 Å². The first-order chi connectivity index (χ1) is 19.2. The highest BCUT2D eigenvalue weighted by atomic mass is 15.2. The Hall–Kier alpha value is -3.13. The highest BCUT2D eigenvalue weighted by Gasteiger charge is 2.35.